The molecule has 0 bridgehead atoms. The lowest BCUT2D eigenvalue weighted by molar-refractivity contribution is 0.549. The van der Waals surface area contributed by atoms with Gasteiger partial charge in [-0.15, -0.1) is 0 Å². The molecule has 1 N–H and O–H groups in total. The summed E-state index contributed by atoms with van der Waals surface area (Å²) < 4.78 is 2.03. The lowest BCUT2D eigenvalue weighted by Gasteiger charge is -2.21. The molecule has 3 nitrogen and oxygen atoms in total. The zero-order valence-electron chi connectivity index (χ0n) is 11.8. The molecule has 0 saturated heterocycles. The molecule has 0 radical (unpaired) electrons. The van der Waals surface area contributed by atoms with E-state index in [4.69, 9.17) is 0 Å². The maximum absolute atomic E-state index is 4.37. The van der Waals surface area contributed by atoms with Crippen LogP contribution in [0, 0.1) is 6.92 Å². The first-order valence-corrected chi connectivity index (χ1v) is 8.10. The topological polar surface area (TPSA) is 29.9 Å². The summed E-state index contributed by atoms with van der Waals surface area (Å²) in [7, 11) is 2.05. The van der Waals surface area contributed by atoms with E-state index in [1.807, 2.05) is 17.9 Å². The maximum atomic E-state index is 4.37. The summed E-state index contributed by atoms with van der Waals surface area (Å²) in [5, 5.41) is 8.86. The van der Waals surface area contributed by atoms with Crippen LogP contribution in [0.25, 0.3) is 0 Å². The van der Waals surface area contributed by atoms with Gasteiger partial charge < -0.3 is 5.32 Å². The predicted molar refractivity (Wildman–Crippen MR) is 79.1 cm³/mol. The van der Waals surface area contributed by atoms with Crippen LogP contribution < -0.4 is 5.32 Å². The Morgan fingerprint density at radius 1 is 1.50 bits per heavy atom. The summed E-state index contributed by atoms with van der Waals surface area (Å²) >= 11 is 2.14. The lowest BCUT2D eigenvalue weighted by atomic mass is 10.1. The van der Waals surface area contributed by atoms with Crippen LogP contribution in [-0.4, -0.2) is 27.3 Å². The molecular weight excluding hydrogens is 242 g/mol. The highest BCUT2D eigenvalue weighted by Crippen LogP contribution is 2.32. The molecular formula is C14H25N3S. The first kappa shape index (κ1) is 13.9. The van der Waals surface area contributed by atoms with Gasteiger partial charge in [0.25, 0.3) is 0 Å². The minimum atomic E-state index is 0.438. The van der Waals surface area contributed by atoms with Gasteiger partial charge in [-0.05, 0) is 31.9 Å². The molecule has 1 atom stereocenters. The first-order chi connectivity index (χ1) is 8.72. The van der Waals surface area contributed by atoms with Crippen LogP contribution in [0.2, 0.25) is 0 Å². The van der Waals surface area contributed by atoms with Crippen LogP contribution in [-0.2, 0) is 7.05 Å². The minimum absolute atomic E-state index is 0.438. The van der Waals surface area contributed by atoms with Crippen molar-refractivity contribution in [3.05, 3.63) is 17.5 Å². The fourth-order valence-corrected chi connectivity index (χ4v) is 4.23. The molecule has 1 fully saturated rings. The summed E-state index contributed by atoms with van der Waals surface area (Å²) in [4.78, 5) is 0. The third kappa shape index (κ3) is 3.29. The molecule has 1 aromatic heterocycles. The molecule has 0 spiro atoms. The van der Waals surface area contributed by atoms with Crippen LogP contribution in [0.1, 0.15) is 49.9 Å². The number of nitrogens with zero attached hydrogens (tertiary/aromatic N) is 2. The second kappa shape index (κ2) is 6.62. The number of hydrogen-bond donors (Lipinski definition) is 1. The van der Waals surface area contributed by atoms with Gasteiger partial charge in [0.2, 0.25) is 0 Å². The summed E-state index contributed by atoms with van der Waals surface area (Å²) in [5.74, 6) is 1.17. The van der Waals surface area contributed by atoms with Crippen LogP contribution in [0.5, 0.6) is 0 Å². The maximum Gasteiger partial charge on any atom is 0.0587 e. The molecule has 1 aliphatic carbocycles. The zero-order chi connectivity index (χ0) is 13.0. The normalized spacial score (nSPS) is 18.4. The van der Waals surface area contributed by atoms with Crippen molar-refractivity contribution in [1.82, 2.24) is 15.1 Å². The number of thioether (sulfide) groups is 1. The second-order valence-electron chi connectivity index (χ2n) is 5.19. The summed E-state index contributed by atoms with van der Waals surface area (Å²) in [6, 6.07) is 0.438. The van der Waals surface area contributed by atoms with E-state index in [0.29, 0.717) is 6.04 Å². The molecule has 1 aromatic rings. The fourth-order valence-electron chi connectivity index (χ4n) is 2.83. The molecule has 2 rings (SSSR count). The van der Waals surface area contributed by atoms with Gasteiger partial charge in [-0.2, -0.15) is 16.9 Å². The summed E-state index contributed by atoms with van der Waals surface area (Å²) in [6.45, 7) is 5.35. The van der Waals surface area contributed by atoms with E-state index in [-0.39, 0.29) is 0 Å². The van der Waals surface area contributed by atoms with Crippen molar-refractivity contribution in [3.8, 4) is 0 Å². The lowest BCUT2D eigenvalue weighted by Crippen LogP contribution is -2.26. The fraction of sp³-hybridized carbons (Fsp3) is 0.786. The van der Waals surface area contributed by atoms with Gasteiger partial charge in [-0.25, -0.2) is 0 Å². The smallest absolute Gasteiger partial charge is 0.0587 e. The summed E-state index contributed by atoms with van der Waals surface area (Å²) in [6.07, 6.45) is 7.64. The molecule has 4 heteroatoms. The molecule has 1 heterocycles. The number of hydrogen-bond acceptors (Lipinski definition) is 3. The average Bonchev–Trinajstić information content (AvgIpc) is 2.96. The highest BCUT2D eigenvalue weighted by molar-refractivity contribution is 7.99. The van der Waals surface area contributed by atoms with E-state index >= 15 is 0 Å². The van der Waals surface area contributed by atoms with Crippen molar-refractivity contribution in [1.29, 1.82) is 0 Å². The van der Waals surface area contributed by atoms with Crippen LogP contribution in [0.3, 0.4) is 0 Å². The molecule has 102 valence electrons. The molecule has 1 unspecified atom stereocenters. The summed E-state index contributed by atoms with van der Waals surface area (Å²) in [5.41, 5.74) is 2.65. The SMILES string of the molecule is CCNC(CSC1CCCC1)c1c(C)cnn1C. The monoisotopic (exact) mass is 267 g/mol. The van der Waals surface area contributed by atoms with Crippen LogP contribution in [0.15, 0.2) is 6.20 Å². The molecule has 1 saturated carbocycles. The largest absolute Gasteiger partial charge is 0.308 e. The van der Waals surface area contributed by atoms with Gasteiger partial charge in [-0.3, -0.25) is 4.68 Å². The number of nitrogens with one attached hydrogen (secondary N) is 1. The average molecular weight is 267 g/mol. The van der Waals surface area contributed by atoms with E-state index in [2.05, 4.69) is 36.0 Å². The van der Waals surface area contributed by atoms with Gasteiger partial charge in [0.05, 0.1) is 17.9 Å². The Labute approximate surface area is 115 Å². The van der Waals surface area contributed by atoms with Crippen molar-refractivity contribution in [2.45, 2.75) is 50.8 Å². The zero-order valence-corrected chi connectivity index (χ0v) is 12.6. The third-order valence-corrected chi connectivity index (χ3v) is 5.23. The molecule has 1 aliphatic rings. The van der Waals surface area contributed by atoms with Gasteiger partial charge in [-0.1, -0.05) is 19.8 Å². The van der Waals surface area contributed by atoms with Crippen molar-refractivity contribution in [2.75, 3.05) is 12.3 Å². The van der Waals surface area contributed by atoms with E-state index < -0.39 is 0 Å². The number of aryl methyl sites for hydroxylation is 2. The van der Waals surface area contributed by atoms with Crippen LogP contribution >= 0.6 is 11.8 Å². The Balaban J connectivity index is 1.98. The highest BCUT2D eigenvalue weighted by Gasteiger charge is 2.21. The Hall–Kier alpha value is -0.480. The number of rotatable bonds is 6. The van der Waals surface area contributed by atoms with E-state index in [1.165, 1.54) is 42.7 Å². The van der Waals surface area contributed by atoms with E-state index in [1.54, 1.807) is 0 Å². The molecule has 0 aromatic carbocycles. The minimum Gasteiger partial charge on any atom is -0.308 e. The third-order valence-electron chi connectivity index (χ3n) is 3.76. The van der Waals surface area contributed by atoms with E-state index in [0.717, 1.165) is 11.8 Å². The van der Waals surface area contributed by atoms with Crippen molar-refractivity contribution in [2.24, 2.45) is 7.05 Å². The van der Waals surface area contributed by atoms with Gasteiger partial charge in [0.1, 0.15) is 0 Å². The van der Waals surface area contributed by atoms with Gasteiger partial charge >= 0.3 is 0 Å². The second-order valence-corrected chi connectivity index (χ2v) is 6.52. The molecule has 0 aliphatic heterocycles. The Morgan fingerprint density at radius 3 is 2.78 bits per heavy atom. The predicted octanol–water partition coefficient (Wildman–Crippen LogP) is 3.05. The van der Waals surface area contributed by atoms with Crippen molar-refractivity contribution >= 4 is 11.8 Å². The Kier molecular flexibility index (Phi) is 5.13. The van der Waals surface area contributed by atoms with E-state index in [9.17, 15) is 0 Å². The number of aromatic nitrogens is 2. The molecule has 0 amide bonds. The van der Waals surface area contributed by atoms with Crippen molar-refractivity contribution in [3.63, 3.8) is 0 Å². The van der Waals surface area contributed by atoms with Crippen LogP contribution in [0.4, 0.5) is 0 Å². The first-order valence-electron chi connectivity index (χ1n) is 7.05. The van der Waals surface area contributed by atoms with Crippen molar-refractivity contribution < 1.29 is 0 Å². The van der Waals surface area contributed by atoms with Gasteiger partial charge in [0, 0.05) is 18.1 Å². The quantitative estimate of drug-likeness (QED) is 0.859. The Bertz CT molecular complexity index is 350. The highest BCUT2D eigenvalue weighted by atomic mass is 32.2. The standard InChI is InChI=1S/C14H25N3S/c1-4-15-13(10-18-12-7-5-6-8-12)14-11(2)9-16-17(14)3/h9,12-13,15H,4-8,10H2,1-3H3. The van der Waals surface area contributed by atoms with Gasteiger partial charge in [0.15, 0.2) is 0 Å². The Morgan fingerprint density at radius 2 is 2.22 bits per heavy atom. The molecule has 18 heavy (non-hydrogen) atoms.